The van der Waals surface area contributed by atoms with Crippen molar-refractivity contribution in [3.63, 3.8) is 0 Å². The Labute approximate surface area is 209 Å². The Balaban J connectivity index is 1.92. The van der Waals surface area contributed by atoms with E-state index in [9.17, 15) is 19.5 Å². The molecule has 3 N–H and O–H groups in total. The molecule has 0 bridgehead atoms. The first-order valence-corrected chi connectivity index (χ1v) is 11.9. The summed E-state index contributed by atoms with van der Waals surface area (Å²) in [7, 11) is 0. The van der Waals surface area contributed by atoms with Gasteiger partial charge in [0.05, 0.1) is 24.5 Å². The molecule has 0 aromatic carbocycles. The molecule has 0 radical (unpaired) electrons. The van der Waals surface area contributed by atoms with Gasteiger partial charge in [0.2, 0.25) is 5.78 Å². The van der Waals surface area contributed by atoms with E-state index >= 15 is 0 Å². The average Bonchev–Trinajstić information content (AvgIpc) is 3.52. The molecule has 0 saturated heterocycles. The highest BCUT2D eigenvalue weighted by Crippen LogP contribution is 2.30. The second-order valence-electron chi connectivity index (χ2n) is 9.68. The van der Waals surface area contributed by atoms with Crippen LogP contribution in [0.4, 0.5) is 10.6 Å². The van der Waals surface area contributed by atoms with Crippen LogP contribution in [-0.4, -0.2) is 64.8 Å². The third-order valence-electron chi connectivity index (χ3n) is 5.98. The summed E-state index contributed by atoms with van der Waals surface area (Å²) in [5.74, 6) is -1.44. The minimum Gasteiger partial charge on any atom is -0.465 e. The largest absolute Gasteiger partial charge is 0.465 e. The van der Waals surface area contributed by atoms with Crippen molar-refractivity contribution >= 4 is 23.6 Å². The Kier molecular flexibility index (Phi) is 8.57. The van der Waals surface area contributed by atoms with Crippen molar-refractivity contribution in [3.8, 4) is 11.3 Å². The molecule has 0 aliphatic heterocycles. The van der Waals surface area contributed by atoms with Crippen LogP contribution >= 0.6 is 0 Å². The molecule has 0 aliphatic rings. The third kappa shape index (κ3) is 6.55. The SMILES string of the molecule is CCCC[C@@H](C(=O)C(=O)Nc1ccn[nH]1)N(C(=O)O)C(Cn1ccc(-c2ccncc2)n1)C(C)(C)C. The van der Waals surface area contributed by atoms with Crippen LogP contribution in [0.1, 0.15) is 47.0 Å². The van der Waals surface area contributed by atoms with Crippen LogP contribution in [0.3, 0.4) is 0 Å². The molecule has 3 rings (SSSR count). The van der Waals surface area contributed by atoms with Gasteiger partial charge in [-0.25, -0.2) is 4.79 Å². The molecule has 2 amide bonds. The van der Waals surface area contributed by atoms with E-state index in [1.807, 2.05) is 45.9 Å². The molecule has 0 saturated carbocycles. The lowest BCUT2D eigenvalue weighted by atomic mass is 9.84. The molecule has 0 spiro atoms. The topological polar surface area (TPSA) is 146 Å². The number of aromatic nitrogens is 5. The zero-order chi connectivity index (χ0) is 26.3. The monoisotopic (exact) mass is 495 g/mol. The molecule has 3 heterocycles. The standard InChI is InChI=1S/C25H33N7O4/c1-5-6-7-19(22(33)23(34)28-21-10-14-27-29-21)32(24(35)36)20(25(2,3)4)16-31-15-11-18(30-31)17-8-12-26-13-9-17/h8-15,19-20H,5-7,16H2,1-4H3,(H,35,36)(H2,27,28,29,34)/t19-,20?/m0/s1. The van der Waals surface area contributed by atoms with Crippen molar-refractivity contribution in [1.29, 1.82) is 0 Å². The zero-order valence-electron chi connectivity index (χ0n) is 21.0. The smallest absolute Gasteiger partial charge is 0.408 e. The van der Waals surface area contributed by atoms with Gasteiger partial charge in [0.25, 0.3) is 5.91 Å². The van der Waals surface area contributed by atoms with E-state index in [4.69, 9.17) is 0 Å². The van der Waals surface area contributed by atoms with E-state index in [2.05, 4.69) is 25.6 Å². The van der Waals surface area contributed by atoms with Crippen molar-refractivity contribution < 1.29 is 19.5 Å². The first kappa shape index (κ1) is 26.6. The highest BCUT2D eigenvalue weighted by molar-refractivity contribution is 6.42. The summed E-state index contributed by atoms with van der Waals surface area (Å²) in [6.07, 6.45) is 6.87. The summed E-state index contributed by atoms with van der Waals surface area (Å²) in [6.45, 7) is 7.88. The fourth-order valence-corrected chi connectivity index (χ4v) is 4.03. The van der Waals surface area contributed by atoms with Crippen molar-refractivity contribution in [1.82, 2.24) is 29.9 Å². The number of anilines is 1. The number of unbranched alkanes of at least 4 members (excludes halogenated alkanes) is 1. The maximum Gasteiger partial charge on any atom is 0.408 e. The molecule has 36 heavy (non-hydrogen) atoms. The van der Waals surface area contributed by atoms with Crippen LogP contribution in [-0.2, 0) is 16.1 Å². The van der Waals surface area contributed by atoms with Crippen LogP contribution in [0.5, 0.6) is 0 Å². The van der Waals surface area contributed by atoms with Gasteiger partial charge < -0.3 is 10.4 Å². The maximum atomic E-state index is 13.3. The van der Waals surface area contributed by atoms with Gasteiger partial charge in [-0.2, -0.15) is 10.2 Å². The Morgan fingerprint density at radius 2 is 1.86 bits per heavy atom. The lowest BCUT2D eigenvalue weighted by Gasteiger charge is -2.42. The number of amides is 2. The summed E-state index contributed by atoms with van der Waals surface area (Å²) in [4.78, 5) is 43.9. The number of aromatic amines is 1. The molecule has 3 aromatic heterocycles. The number of hydrogen-bond acceptors (Lipinski definition) is 6. The number of carbonyl (C=O) groups excluding carboxylic acids is 2. The molecule has 0 fully saturated rings. The van der Waals surface area contributed by atoms with Gasteiger partial charge in [-0.05, 0) is 30.0 Å². The second-order valence-corrected chi connectivity index (χ2v) is 9.68. The van der Waals surface area contributed by atoms with Gasteiger partial charge in [0, 0.05) is 30.2 Å². The Bertz CT molecular complexity index is 1150. The molecule has 192 valence electrons. The normalized spacial score (nSPS) is 13.1. The number of hydrogen-bond donors (Lipinski definition) is 3. The van der Waals surface area contributed by atoms with Gasteiger partial charge in [-0.15, -0.1) is 0 Å². The number of nitrogens with one attached hydrogen (secondary N) is 2. The summed E-state index contributed by atoms with van der Waals surface area (Å²) in [6, 6.07) is 5.25. The Morgan fingerprint density at radius 1 is 1.14 bits per heavy atom. The number of carbonyl (C=O) groups is 3. The Morgan fingerprint density at radius 3 is 2.44 bits per heavy atom. The molecule has 11 heteroatoms. The van der Waals surface area contributed by atoms with E-state index < -0.39 is 35.3 Å². The van der Waals surface area contributed by atoms with Gasteiger partial charge in [-0.3, -0.25) is 29.3 Å². The number of nitrogens with zero attached hydrogens (tertiary/aromatic N) is 5. The highest BCUT2D eigenvalue weighted by Gasteiger charge is 2.42. The maximum absolute atomic E-state index is 13.3. The summed E-state index contributed by atoms with van der Waals surface area (Å²) in [5.41, 5.74) is 1.05. The minimum absolute atomic E-state index is 0.207. The van der Waals surface area contributed by atoms with Crippen molar-refractivity contribution in [2.75, 3.05) is 5.32 Å². The number of Topliss-reactive ketones (excluding diaryl/α,β-unsaturated/α-hetero) is 1. The first-order chi connectivity index (χ1) is 17.1. The summed E-state index contributed by atoms with van der Waals surface area (Å²) in [5, 5.41) is 23.7. The lowest BCUT2D eigenvalue weighted by Crippen LogP contribution is -2.57. The summed E-state index contributed by atoms with van der Waals surface area (Å²) >= 11 is 0. The van der Waals surface area contributed by atoms with E-state index in [1.54, 1.807) is 23.3 Å². The molecule has 3 aromatic rings. The number of rotatable bonds is 11. The zero-order valence-corrected chi connectivity index (χ0v) is 21.0. The minimum atomic E-state index is -1.26. The molecule has 1 unspecified atom stereocenters. The molecule has 0 aliphatic carbocycles. The van der Waals surface area contributed by atoms with Crippen LogP contribution in [0.15, 0.2) is 49.1 Å². The predicted molar refractivity (Wildman–Crippen MR) is 134 cm³/mol. The molecular weight excluding hydrogens is 462 g/mol. The quantitative estimate of drug-likeness (QED) is 0.343. The second kappa shape index (κ2) is 11.6. The third-order valence-corrected chi connectivity index (χ3v) is 5.98. The van der Waals surface area contributed by atoms with Crippen molar-refractivity contribution in [3.05, 3.63) is 49.1 Å². The molecule has 2 atom stereocenters. The van der Waals surface area contributed by atoms with Gasteiger partial charge in [-0.1, -0.05) is 40.5 Å². The number of ketones is 1. The highest BCUT2D eigenvalue weighted by atomic mass is 16.4. The summed E-state index contributed by atoms with van der Waals surface area (Å²) < 4.78 is 1.67. The number of H-pyrrole nitrogens is 1. The van der Waals surface area contributed by atoms with Crippen LogP contribution < -0.4 is 5.32 Å². The average molecular weight is 496 g/mol. The van der Waals surface area contributed by atoms with Crippen molar-refractivity contribution in [2.45, 2.75) is 65.6 Å². The van der Waals surface area contributed by atoms with Crippen LogP contribution in [0.25, 0.3) is 11.3 Å². The van der Waals surface area contributed by atoms with Crippen LogP contribution in [0, 0.1) is 5.41 Å². The lowest BCUT2D eigenvalue weighted by molar-refractivity contribution is -0.139. The fraction of sp³-hybridized carbons (Fsp3) is 0.440. The van der Waals surface area contributed by atoms with Gasteiger partial charge >= 0.3 is 6.09 Å². The Hall–Kier alpha value is -4.02. The van der Waals surface area contributed by atoms with Gasteiger partial charge in [0.1, 0.15) is 11.9 Å². The molecule has 11 nitrogen and oxygen atoms in total. The van der Waals surface area contributed by atoms with Crippen molar-refractivity contribution in [2.24, 2.45) is 5.41 Å². The van der Waals surface area contributed by atoms with E-state index in [1.165, 1.54) is 12.3 Å². The number of carboxylic acid groups (broad SMARTS) is 1. The van der Waals surface area contributed by atoms with E-state index in [0.717, 1.165) is 22.6 Å². The first-order valence-electron chi connectivity index (χ1n) is 11.9. The number of pyridine rings is 1. The van der Waals surface area contributed by atoms with Crippen LogP contribution in [0.2, 0.25) is 0 Å². The molecular formula is C25H33N7O4. The van der Waals surface area contributed by atoms with Gasteiger partial charge in [0.15, 0.2) is 0 Å². The van der Waals surface area contributed by atoms with E-state index in [0.29, 0.717) is 6.42 Å². The van der Waals surface area contributed by atoms with E-state index in [-0.39, 0.29) is 18.8 Å². The predicted octanol–water partition coefficient (Wildman–Crippen LogP) is 3.83. The fourth-order valence-electron chi connectivity index (χ4n) is 4.03.